The number of nitrogens with one attached hydrogen (secondary N) is 1. The average molecular weight is 203 g/mol. The molecule has 1 N–H and O–H groups in total. The predicted octanol–water partition coefficient (Wildman–Crippen LogP) is 1.83. The van der Waals surface area contributed by atoms with E-state index in [-0.39, 0.29) is 0 Å². The Balaban J connectivity index is 2.14. The molecule has 0 aliphatic heterocycles. The highest BCUT2D eigenvalue weighted by molar-refractivity contribution is 5.52. The van der Waals surface area contributed by atoms with Crippen molar-refractivity contribution >= 4 is 11.6 Å². The zero-order chi connectivity index (χ0) is 10.5. The Morgan fingerprint density at radius 1 is 1.27 bits per heavy atom. The van der Waals surface area contributed by atoms with Crippen molar-refractivity contribution in [3.8, 4) is 0 Å². The Morgan fingerprint density at radius 2 is 2.07 bits per heavy atom. The molecular formula is C10H13N5. The number of para-hydroxylation sites is 1. The van der Waals surface area contributed by atoms with Crippen molar-refractivity contribution in [1.82, 2.24) is 20.2 Å². The van der Waals surface area contributed by atoms with Crippen molar-refractivity contribution in [1.29, 1.82) is 0 Å². The second-order valence-corrected chi connectivity index (χ2v) is 3.22. The maximum absolute atomic E-state index is 3.92. The number of aromatic nitrogens is 4. The number of benzene rings is 1. The van der Waals surface area contributed by atoms with Crippen molar-refractivity contribution in [2.75, 3.05) is 5.32 Å². The van der Waals surface area contributed by atoms with E-state index in [1.165, 1.54) is 0 Å². The van der Waals surface area contributed by atoms with Gasteiger partial charge < -0.3 is 5.32 Å². The first-order valence-electron chi connectivity index (χ1n) is 4.98. The number of nitrogens with zero attached hydrogens (tertiary/aromatic N) is 4. The first kappa shape index (κ1) is 9.64. The summed E-state index contributed by atoms with van der Waals surface area (Å²) < 4.78 is 1.76. The molecule has 0 bridgehead atoms. The SMILES string of the molecule is CCCn1nnnc1Nc1ccccc1. The van der Waals surface area contributed by atoms with Gasteiger partial charge in [-0.05, 0) is 29.0 Å². The molecule has 1 heterocycles. The maximum Gasteiger partial charge on any atom is 0.247 e. The second kappa shape index (κ2) is 4.54. The van der Waals surface area contributed by atoms with Gasteiger partial charge in [-0.25, -0.2) is 4.68 Å². The summed E-state index contributed by atoms with van der Waals surface area (Å²) in [5.41, 5.74) is 0.990. The van der Waals surface area contributed by atoms with E-state index in [4.69, 9.17) is 0 Å². The van der Waals surface area contributed by atoms with Crippen LogP contribution >= 0.6 is 0 Å². The van der Waals surface area contributed by atoms with E-state index in [0.717, 1.165) is 18.7 Å². The summed E-state index contributed by atoms with van der Waals surface area (Å²) in [4.78, 5) is 0. The molecule has 0 radical (unpaired) electrons. The van der Waals surface area contributed by atoms with Gasteiger partial charge in [0, 0.05) is 12.2 Å². The minimum absolute atomic E-state index is 0.683. The Labute approximate surface area is 88.1 Å². The summed E-state index contributed by atoms with van der Waals surface area (Å²) >= 11 is 0. The number of anilines is 2. The van der Waals surface area contributed by atoms with Crippen LogP contribution in [0.15, 0.2) is 30.3 Å². The molecule has 15 heavy (non-hydrogen) atoms. The highest BCUT2D eigenvalue weighted by Gasteiger charge is 2.03. The molecule has 0 saturated carbocycles. The van der Waals surface area contributed by atoms with E-state index < -0.39 is 0 Å². The van der Waals surface area contributed by atoms with Crippen molar-refractivity contribution in [3.63, 3.8) is 0 Å². The molecule has 0 aliphatic rings. The Kier molecular flexibility index (Phi) is 2.92. The normalized spacial score (nSPS) is 10.2. The van der Waals surface area contributed by atoms with Crippen molar-refractivity contribution in [2.24, 2.45) is 0 Å². The van der Waals surface area contributed by atoms with Crippen molar-refractivity contribution in [3.05, 3.63) is 30.3 Å². The standard InChI is InChI=1S/C10H13N5/c1-2-8-15-10(12-13-14-15)11-9-6-4-3-5-7-9/h3-7H,2,8H2,1H3,(H,11,12,14). The number of tetrazole rings is 1. The van der Waals surface area contributed by atoms with E-state index in [9.17, 15) is 0 Å². The molecule has 0 aliphatic carbocycles. The minimum atomic E-state index is 0.683. The van der Waals surface area contributed by atoms with Gasteiger partial charge in [0.15, 0.2) is 0 Å². The Hall–Kier alpha value is -1.91. The van der Waals surface area contributed by atoms with Crippen LogP contribution in [0.2, 0.25) is 0 Å². The van der Waals surface area contributed by atoms with Gasteiger partial charge in [-0.3, -0.25) is 0 Å². The zero-order valence-electron chi connectivity index (χ0n) is 8.59. The van der Waals surface area contributed by atoms with Gasteiger partial charge in [0.05, 0.1) is 0 Å². The molecular weight excluding hydrogens is 190 g/mol. The van der Waals surface area contributed by atoms with Crippen LogP contribution in [0.25, 0.3) is 0 Å². The Morgan fingerprint density at radius 3 is 2.80 bits per heavy atom. The molecule has 5 nitrogen and oxygen atoms in total. The zero-order valence-corrected chi connectivity index (χ0v) is 8.59. The van der Waals surface area contributed by atoms with Crippen molar-refractivity contribution < 1.29 is 0 Å². The molecule has 0 amide bonds. The topological polar surface area (TPSA) is 55.6 Å². The molecule has 78 valence electrons. The summed E-state index contributed by atoms with van der Waals surface area (Å²) in [5.74, 6) is 0.683. The molecule has 5 heteroatoms. The van der Waals surface area contributed by atoms with Crippen LogP contribution in [0.4, 0.5) is 11.6 Å². The van der Waals surface area contributed by atoms with Crippen molar-refractivity contribution in [2.45, 2.75) is 19.9 Å². The summed E-state index contributed by atoms with van der Waals surface area (Å²) in [6.45, 7) is 2.91. The van der Waals surface area contributed by atoms with E-state index in [0.29, 0.717) is 5.95 Å². The van der Waals surface area contributed by atoms with E-state index in [1.54, 1.807) is 4.68 Å². The maximum atomic E-state index is 3.92. The van der Waals surface area contributed by atoms with Crippen LogP contribution in [0.3, 0.4) is 0 Å². The smallest absolute Gasteiger partial charge is 0.247 e. The average Bonchev–Trinajstić information content (AvgIpc) is 2.68. The quantitative estimate of drug-likeness (QED) is 0.823. The largest absolute Gasteiger partial charge is 0.323 e. The lowest BCUT2D eigenvalue weighted by atomic mass is 10.3. The van der Waals surface area contributed by atoms with Gasteiger partial charge in [0.2, 0.25) is 5.95 Å². The fourth-order valence-electron chi connectivity index (χ4n) is 1.31. The lowest BCUT2D eigenvalue weighted by Crippen LogP contribution is -2.04. The summed E-state index contributed by atoms with van der Waals surface area (Å²) in [5, 5.41) is 14.6. The Bertz CT molecular complexity index is 409. The third-order valence-corrected chi connectivity index (χ3v) is 2.00. The number of hydrogen-bond acceptors (Lipinski definition) is 4. The fourth-order valence-corrected chi connectivity index (χ4v) is 1.31. The first-order chi connectivity index (χ1) is 7.40. The second-order valence-electron chi connectivity index (χ2n) is 3.22. The third-order valence-electron chi connectivity index (χ3n) is 2.00. The van der Waals surface area contributed by atoms with Crippen LogP contribution in [-0.4, -0.2) is 20.2 Å². The van der Waals surface area contributed by atoms with Gasteiger partial charge in [-0.1, -0.05) is 30.2 Å². The van der Waals surface area contributed by atoms with E-state index in [1.807, 2.05) is 30.3 Å². The number of aryl methyl sites for hydroxylation is 1. The fraction of sp³-hybridized carbons (Fsp3) is 0.300. The van der Waals surface area contributed by atoms with Gasteiger partial charge in [0.25, 0.3) is 0 Å². The minimum Gasteiger partial charge on any atom is -0.323 e. The monoisotopic (exact) mass is 203 g/mol. The number of rotatable bonds is 4. The lowest BCUT2D eigenvalue weighted by Gasteiger charge is -2.05. The molecule has 0 unspecified atom stereocenters. The van der Waals surface area contributed by atoms with Gasteiger partial charge >= 0.3 is 0 Å². The van der Waals surface area contributed by atoms with E-state index in [2.05, 4.69) is 27.8 Å². The van der Waals surface area contributed by atoms with Gasteiger partial charge in [-0.2, -0.15) is 0 Å². The van der Waals surface area contributed by atoms with E-state index >= 15 is 0 Å². The molecule has 0 spiro atoms. The molecule has 2 aromatic rings. The summed E-state index contributed by atoms with van der Waals surface area (Å²) in [6, 6.07) is 9.86. The molecule has 1 aromatic heterocycles. The first-order valence-corrected chi connectivity index (χ1v) is 4.98. The predicted molar refractivity (Wildman–Crippen MR) is 57.8 cm³/mol. The van der Waals surface area contributed by atoms with Crippen LogP contribution in [0.1, 0.15) is 13.3 Å². The van der Waals surface area contributed by atoms with Gasteiger partial charge in [-0.15, -0.1) is 0 Å². The van der Waals surface area contributed by atoms with Crippen LogP contribution in [-0.2, 0) is 6.54 Å². The summed E-state index contributed by atoms with van der Waals surface area (Å²) in [6.07, 6.45) is 1.01. The van der Waals surface area contributed by atoms with Gasteiger partial charge in [0.1, 0.15) is 0 Å². The van der Waals surface area contributed by atoms with Crippen LogP contribution < -0.4 is 5.32 Å². The molecule has 0 atom stereocenters. The van der Waals surface area contributed by atoms with Crippen LogP contribution in [0.5, 0.6) is 0 Å². The summed E-state index contributed by atoms with van der Waals surface area (Å²) in [7, 11) is 0. The third kappa shape index (κ3) is 2.31. The molecule has 1 aromatic carbocycles. The molecule has 0 fully saturated rings. The lowest BCUT2D eigenvalue weighted by molar-refractivity contribution is 0.584. The highest BCUT2D eigenvalue weighted by Crippen LogP contribution is 2.12. The highest BCUT2D eigenvalue weighted by atomic mass is 15.6. The molecule has 2 rings (SSSR count). The number of hydrogen-bond donors (Lipinski definition) is 1. The molecule has 0 saturated heterocycles. The van der Waals surface area contributed by atoms with Crippen LogP contribution in [0, 0.1) is 0 Å².